The molecule has 1 aromatic heterocycles. The zero-order valence-electron chi connectivity index (χ0n) is 8.97. The first-order chi connectivity index (χ1) is 7.68. The molecule has 0 saturated heterocycles. The monoisotopic (exact) mass is 215 g/mol. The number of benzene rings is 1. The molecule has 1 amide bonds. The number of carbonyl (C=O) groups excluding carboxylic acids is 1. The Balaban J connectivity index is 2.41. The maximum atomic E-state index is 11.5. The van der Waals surface area contributed by atoms with Crippen LogP contribution in [0.3, 0.4) is 0 Å². The van der Waals surface area contributed by atoms with Crippen LogP contribution in [0.5, 0.6) is 0 Å². The molecule has 4 nitrogen and oxygen atoms in total. The van der Waals surface area contributed by atoms with E-state index in [1.165, 1.54) is 0 Å². The minimum Gasteiger partial charge on any atom is -0.324 e. The molecule has 2 rings (SSSR count). The molecule has 0 aliphatic heterocycles. The Kier molecular flexibility index (Phi) is 2.83. The Bertz CT molecular complexity index is 517. The number of pyridine rings is 1. The predicted molar refractivity (Wildman–Crippen MR) is 64.0 cm³/mol. The number of fused-ring (bicyclic) bond motifs is 1. The van der Waals surface area contributed by atoms with E-state index in [4.69, 9.17) is 5.73 Å². The highest BCUT2D eigenvalue weighted by Crippen LogP contribution is 2.21. The molecule has 1 heterocycles. The minimum absolute atomic E-state index is 0.198. The molecule has 4 heteroatoms. The second-order valence-electron chi connectivity index (χ2n) is 3.65. The molecule has 0 fully saturated rings. The molecule has 16 heavy (non-hydrogen) atoms. The first-order valence-electron chi connectivity index (χ1n) is 5.08. The van der Waals surface area contributed by atoms with Crippen LogP contribution >= 0.6 is 0 Å². The van der Waals surface area contributed by atoms with Crippen LogP contribution in [0.1, 0.15) is 6.92 Å². The normalized spacial score (nSPS) is 12.4. The Labute approximate surface area is 93.5 Å². The number of hydrogen-bond donors (Lipinski definition) is 2. The third-order valence-corrected chi connectivity index (χ3v) is 2.32. The number of hydrogen-bond acceptors (Lipinski definition) is 3. The largest absolute Gasteiger partial charge is 0.324 e. The molecule has 0 saturated carbocycles. The highest BCUT2D eigenvalue weighted by molar-refractivity contribution is 6.02. The fourth-order valence-corrected chi connectivity index (χ4v) is 1.46. The van der Waals surface area contributed by atoms with Crippen LogP contribution in [0.15, 0.2) is 36.5 Å². The zero-order valence-corrected chi connectivity index (χ0v) is 8.97. The van der Waals surface area contributed by atoms with Crippen molar-refractivity contribution in [2.75, 3.05) is 5.32 Å². The standard InChI is InChI=1S/C12H13N3O/c1-8(13)12(16)15-11-6-2-5-10-9(11)4-3-7-14-10/h2-8H,13H2,1H3,(H,15,16). The van der Waals surface area contributed by atoms with Crippen molar-refractivity contribution in [1.82, 2.24) is 4.98 Å². The van der Waals surface area contributed by atoms with Crippen molar-refractivity contribution in [2.45, 2.75) is 13.0 Å². The third kappa shape index (κ3) is 2.01. The van der Waals surface area contributed by atoms with E-state index >= 15 is 0 Å². The Morgan fingerprint density at radius 1 is 1.38 bits per heavy atom. The van der Waals surface area contributed by atoms with Gasteiger partial charge in [-0.3, -0.25) is 9.78 Å². The molecule has 1 atom stereocenters. The average Bonchev–Trinajstić information content (AvgIpc) is 2.29. The van der Waals surface area contributed by atoms with Gasteiger partial charge in [0, 0.05) is 11.6 Å². The number of carbonyl (C=O) groups is 1. The summed E-state index contributed by atoms with van der Waals surface area (Å²) in [6, 6.07) is 8.82. The number of aromatic nitrogens is 1. The molecule has 3 N–H and O–H groups in total. The molecule has 0 aliphatic carbocycles. The van der Waals surface area contributed by atoms with Gasteiger partial charge in [0.25, 0.3) is 0 Å². The van der Waals surface area contributed by atoms with Gasteiger partial charge in [-0.15, -0.1) is 0 Å². The van der Waals surface area contributed by atoms with Crippen molar-refractivity contribution in [3.8, 4) is 0 Å². The van der Waals surface area contributed by atoms with Gasteiger partial charge < -0.3 is 11.1 Å². The molecule has 0 bridgehead atoms. The Hall–Kier alpha value is -1.94. The maximum Gasteiger partial charge on any atom is 0.241 e. The number of rotatable bonds is 2. The first kappa shape index (κ1) is 10.6. The molecule has 0 spiro atoms. The summed E-state index contributed by atoms with van der Waals surface area (Å²) in [4.78, 5) is 15.7. The summed E-state index contributed by atoms with van der Waals surface area (Å²) >= 11 is 0. The second kappa shape index (κ2) is 4.28. The summed E-state index contributed by atoms with van der Waals surface area (Å²) in [5, 5.41) is 3.70. The Morgan fingerprint density at radius 3 is 2.94 bits per heavy atom. The topological polar surface area (TPSA) is 68.0 Å². The Morgan fingerprint density at radius 2 is 2.19 bits per heavy atom. The summed E-state index contributed by atoms with van der Waals surface area (Å²) in [6.07, 6.45) is 1.72. The molecular weight excluding hydrogens is 202 g/mol. The lowest BCUT2D eigenvalue weighted by Gasteiger charge is -2.09. The van der Waals surface area contributed by atoms with Crippen molar-refractivity contribution in [3.63, 3.8) is 0 Å². The van der Waals surface area contributed by atoms with Crippen LogP contribution in [0.25, 0.3) is 10.9 Å². The van der Waals surface area contributed by atoms with Gasteiger partial charge in [-0.2, -0.15) is 0 Å². The van der Waals surface area contributed by atoms with Crippen molar-refractivity contribution in [3.05, 3.63) is 36.5 Å². The van der Waals surface area contributed by atoms with E-state index in [0.29, 0.717) is 0 Å². The van der Waals surface area contributed by atoms with Crippen molar-refractivity contribution >= 4 is 22.5 Å². The van der Waals surface area contributed by atoms with E-state index < -0.39 is 6.04 Å². The van der Waals surface area contributed by atoms with Crippen molar-refractivity contribution in [2.24, 2.45) is 5.73 Å². The van der Waals surface area contributed by atoms with Gasteiger partial charge in [0.05, 0.1) is 17.2 Å². The van der Waals surface area contributed by atoms with Crippen LogP contribution in [-0.4, -0.2) is 16.9 Å². The summed E-state index contributed by atoms with van der Waals surface area (Å²) in [6.45, 7) is 1.65. The lowest BCUT2D eigenvalue weighted by molar-refractivity contribution is -0.117. The van der Waals surface area contributed by atoms with Crippen LogP contribution in [0.2, 0.25) is 0 Å². The number of nitrogens with zero attached hydrogens (tertiary/aromatic N) is 1. The van der Waals surface area contributed by atoms with E-state index in [1.807, 2.05) is 30.3 Å². The average molecular weight is 215 g/mol. The molecule has 2 aromatic rings. The first-order valence-corrected chi connectivity index (χ1v) is 5.08. The van der Waals surface area contributed by atoms with E-state index in [2.05, 4.69) is 10.3 Å². The fourth-order valence-electron chi connectivity index (χ4n) is 1.46. The van der Waals surface area contributed by atoms with Crippen molar-refractivity contribution in [1.29, 1.82) is 0 Å². The second-order valence-corrected chi connectivity index (χ2v) is 3.65. The molecule has 1 unspecified atom stereocenters. The minimum atomic E-state index is -0.521. The van der Waals surface area contributed by atoms with E-state index in [9.17, 15) is 4.79 Å². The van der Waals surface area contributed by atoms with Gasteiger partial charge in [0.2, 0.25) is 5.91 Å². The van der Waals surface area contributed by atoms with Crippen LogP contribution in [0.4, 0.5) is 5.69 Å². The number of anilines is 1. The van der Waals surface area contributed by atoms with E-state index in [0.717, 1.165) is 16.6 Å². The quantitative estimate of drug-likeness (QED) is 0.798. The summed E-state index contributed by atoms with van der Waals surface area (Å²) < 4.78 is 0. The van der Waals surface area contributed by atoms with Gasteiger partial charge in [0.1, 0.15) is 0 Å². The summed E-state index contributed by atoms with van der Waals surface area (Å²) in [5.74, 6) is -0.198. The van der Waals surface area contributed by atoms with Gasteiger partial charge in [-0.1, -0.05) is 6.07 Å². The van der Waals surface area contributed by atoms with E-state index in [-0.39, 0.29) is 5.91 Å². The zero-order chi connectivity index (χ0) is 11.5. The maximum absolute atomic E-state index is 11.5. The smallest absolute Gasteiger partial charge is 0.241 e. The lowest BCUT2D eigenvalue weighted by Crippen LogP contribution is -2.32. The molecule has 1 aromatic carbocycles. The van der Waals surface area contributed by atoms with Gasteiger partial charge in [-0.05, 0) is 31.2 Å². The highest BCUT2D eigenvalue weighted by Gasteiger charge is 2.09. The van der Waals surface area contributed by atoms with Crippen LogP contribution < -0.4 is 11.1 Å². The van der Waals surface area contributed by atoms with Crippen molar-refractivity contribution < 1.29 is 4.79 Å². The fraction of sp³-hybridized carbons (Fsp3) is 0.167. The van der Waals surface area contributed by atoms with Gasteiger partial charge in [-0.25, -0.2) is 0 Å². The molecule has 0 radical (unpaired) electrons. The van der Waals surface area contributed by atoms with Crippen LogP contribution in [0, 0.1) is 0 Å². The van der Waals surface area contributed by atoms with Gasteiger partial charge in [0.15, 0.2) is 0 Å². The number of nitrogens with two attached hydrogens (primary N) is 1. The molecule has 82 valence electrons. The number of amides is 1. The highest BCUT2D eigenvalue weighted by atomic mass is 16.2. The molecule has 0 aliphatic rings. The van der Waals surface area contributed by atoms with Crippen LogP contribution in [-0.2, 0) is 4.79 Å². The van der Waals surface area contributed by atoms with Gasteiger partial charge >= 0.3 is 0 Å². The lowest BCUT2D eigenvalue weighted by atomic mass is 10.1. The van der Waals surface area contributed by atoms with E-state index in [1.54, 1.807) is 13.1 Å². The summed E-state index contributed by atoms with van der Waals surface area (Å²) in [7, 11) is 0. The SMILES string of the molecule is CC(N)C(=O)Nc1cccc2ncccc12. The molecular formula is C12H13N3O. The number of nitrogens with one attached hydrogen (secondary N) is 1. The summed E-state index contributed by atoms with van der Waals surface area (Å²) in [5.41, 5.74) is 7.10. The third-order valence-electron chi connectivity index (χ3n) is 2.32. The predicted octanol–water partition coefficient (Wildman–Crippen LogP) is 1.52.